The van der Waals surface area contributed by atoms with Gasteiger partial charge in [-0.15, -0.1) is 0 Å². The quantitative estimate of drug-likeness (QED) is 0.624. The predicted molar refractivity (Wildman–Crippen MR) is 85.2 cm³/mol. The molecule has 0 aliphatic carbocycles. The van der Waals surface area contributed by atoms with E-state index in [-0.39, 0.29) is 6.04 Å². The Morgan fingerprint density at radius 3 is 2.96 bits per heavy atom. The Labute approximate surface area is 132 Å². The second-order valence-electron chi connectivity index (χ2n) is 5.11. The highest BCUT2D eigenvalue weighted by atomic mass is 16.3. The molecule has 0 amide bonds. The van der Waals surface area contributed by atoms with Gasteiger partial charge in [-0.1, -0.05) is 12.1 Å². The summed E-state index contributed by atoms with van der Waals surface area (Å²) in [7, 11) is 0. The number of nitrogens with one attached hydrogen (secondary N) is 1. The fourth-order valence-corrected chi connectivity index (χ4v) is 2.40. The molecule has 0 aliphatic rings. The van der Waals surface area contributed by atoms with Crippen molar-refractivity contribution in [2.75, 3.05) is 5.32 Å². The lowest BCUT2D eigenvalue weighted by molar-refractivity contribution is 0.485. The van der Waals surface area contributed by atoms with Crippen molar-refractivity contribution in [1.29, 1.82) is 0 Å². The van der Waals surface area contributed by atoms with Crippen molar-refractivity contribution in [3.05, 3.63) is 61.2 Å². The highest BCUT2D eigenvalue weighted by Gasteiger charge is 2.11. The molecule has 114 valence electrons. The Hall–Kier alpha value is -3.22. The summed E-state index contributed by atoms with van der Waals surface area (Å²) in [5, 5.41) is 3.20. The second kappa shape index (κ2) is 5.53. The van der Waals surface area contributed by atoms with Crippen LogP contribution in [-0.4, -0.2) is 24.5 Å². The summed E-state index contributed by atoms with van der Waals surface area (Å²) in [4.78, 5) is 17.1. The number of nitrogens with zero attached hydrogens (tertiary/aromatic N) is 5. The highest BCUT2D eigenvalue weighted by Crippen LogP contribution is 2.19. The molecule has 7 nitrogen and oxygen atoms in total. The van der Waals surface area contributed by atoms with E-state index in [2.05, 4.69) is 25.3 Å². The summed E-state index contributed by atoms with van der Waals surface area (Å²) < 4.78 is 7.22. The van der Waals surface area contributed by atoms with E-state index in [1.165, 1.54) is 6.39 Å². The molecule has 23 heavy (non-hydrogen) atoms. The maximum absolute atomic E-state index is 5.28. The molecular formula is C16H14N6O. The minimum absolute atomic E-state index is 0.0766. The standard InChI is InChI=1S/C16H14N6O/c1-11(14-8-17-10-23-14)20-16-18-7-6-15(21-16)22-9-19-12-4-2-3-5-13(12)22/h2-11H,1H3,(H,18,20,21). The summed E-state index contributed by atoms with van der Waals surface area (Å²) in [6.07, 6.45) is 6.55. The fraction of sp³-hybridized carbons (Fsp3) is 0.125. The molecule has 0 saturated carbocycles. The van der Waals surface area contributed by atoms with Crippen molar-refractivity contribution >= 4 is 17.0 Å². The number of imidazole rings is 1. The minimum Gasteiger partial charge on any atom is -0.446 e. The number of para-hydroxylation sites is 2. The Kier molecular flexibility index (Phi) is 3.23. The van der Waals surface area contributed by atoms with Crippen molar-refractivity contribution in [1.82, 2.24) is 24.5 Å². The molecule has 0 bridgehead atoms. The summed E-state index contributed by atoms with van der Waals surface area (Å²) in [6, 6.07) is 9.69. The molecule has 7 heteroatoms. The smallest absolute Gasteiger partial charge is 0.225 e. The van der Waals surface area contributed by atoms with E-state index < -0.39 is 0 Å². The first-order valence-corrected chi connectivity index (χ1v) is 7.22. The minimum atomic E-state index is -0.0766. The second-order valence-corrected chi connectivity index (χ2v) is 5.11. The summed E-state index contributed by atoms with van der Waals surface area (Å²) >= 11 is 0. The lowest BCUT2D eigenvalue weighted by atomic mass is 10.3. The van der Waals surface area contributed by atoms with Crippen molar-refractivity contribution in [3.8, 4) is 5.82 Å². The number of fused-ring (bicyclic) bond motifs is 1. The normalized spacial score (nSPS) is 12.4. The van der Waals surface area contributed by atoms with E-state index in [1.54, 1.807) is 18.7 Å². The van der Waals surface area contributed by atoms with Crippen LogP contribution >= 0.6 is 0 Å². The molecular weight excluding hydrogens is 292 g/mol. The SMILES string of the molecule is CC(Nc1nccc(-n2cnc3ccccc32)n1)c1cnco1. The van der Waals surface area contributed by atoms with Crippen LogP contribution in [0.15, 0.2) is 59.9 Å². The van der Waals surface area contributed by atoms with Crippen molar-refractivity contribution in [3.63, 3.8) is 0 Å². The molecule has 1 unspecified atom stereocenters. The van der Waals surface area contributed by atoms with Crippen LogP contribution in [0.5, 0.6) is 0 Å². The lowest BCUT2D eigenvalue weighted by Crippen LogP contribution is -2.10. The summed E-state index contributed by atoms with van der Waals surface area (Å²) in [5.41, 5.74) is 1.93. The number of oxazole rings is 1. The Bertz CT molecular complexity index is 931. The van der Waals surface area contributed by atoms with Crippen LogP contribution in [0.2, 0.25) is 0 Å². The lowest BCUT2D eigenvalue weighted by Gasteiger charge is -2.11. The monoisotopic (exact) mass is 306 g/mol. The van der Waals surface area contributed by atoms with E-state index >= 15 is 0 Å². The van der Waals surface area contributed by atoms with Gasteiger partial charge in [-0.2, -0.15) is 4.98 Å². The van der Waals surface area contributed by atoms with Crippen LogP contribution in [-0.2, 0) is 0 Å². The first-order chi connectivity index (χ1) is 11.3. The van der Waals surface area contributed by atoms with Crippen molar-refractivity contribution in [2.45, 2.75) is 13.0 Å². The Morgan fingerprint density at radius 2 is 2.09 bits per heavy atom. The van der Waals surface area contributed by atoms with Gasteiger partial charge in [-0.05, 0) is 25.1 Å². The Morgan fingerprint density at radius 1 is 1.17 bits per heavy atom. The third-order valence-electron chi connectivity index (χ3n) is 3.57. The number of hydrogen-bond donors (Lipinski definition) is 1. The summed E-state index contributed by atoms with van der Waals surface area (Å²) in [5.74, 6) is 2.00. The van der Waals surface area contributed by atoms with E-state index in [9.17, 15) is 0 Å². The van der Waals surface area contributed by atoms with Gasteiger partial charge in [-0.3, -0.25) is 4.57 Å². The van der Waals surface area contributed by atoms with E-state index in [0.717, 1.165) is 22.6 Å². The average Bonchev–Trinajstić information content (AvgIpc) is 3.25. The molecule has 3 aromatic heterocycles. The number of anilines is 1. The zero-order chi connectivity index (χ0) is 15.6. The number of rotatable bonds is 4. The van der Waals surface area contributed by atoms with Gasteiger partial charge in [0.2, 0.25) is 5.95 Å². The van der Waals surface area contributed by atoms with Gasteiger partial charge in [0.25, 0.3) is 0 Å². The average molecular weight is 306 g/mol. The number of aromatic nitrogens is 5. The maximum Gasteiger partial charge on any atom is 0.225 e. The van der Waals surface area contributed by atoms with Gasteiger partial charge in [0.1, 0.15) is 17.9 Å². The van der Waals surface area contributed by atoms with Crippen LogP contribution in [0, 0.1) is 0 Å². The molecule has 0 radical (unpaired) electrons. The first-order valence-electron chi connectivity index (χ1n) is 7.22. The fourth-order valence-electron chi connectivity index (χ4n) is 2.40. The van der Waals surface area contributed by atoms with Gasteiger partial charge >= 0.3 is 0 Å². The molecule has 0 fully saturated rings. The molecule has 4 rings (SSSR count). The Balaban J connectivity index is 1.66. The van der Waals surface area contributed by atoms with Gasteiger partial charge in [-0.25, -0.2) is 15.0 Å². The predicted octanol–water partition coefficient (Wildman–Crippen LogP) is 2.98. The van der Waals surface area contributed by atoms with E-state index in [0.29, 0.717) is 5.95 Å². The van der Waals surface area contributed by atoms with Gasteiger partial charge in [0.05, 0.1) is 23.3 Å². The molecule has 4 aromatic rings. The largest absolute Gasteiger partial charge is 0.446 e. The third-order valence-corrected chi connectivity index (χ3v) is 3.57. The molecule has 1 aromatic carbocycles. The summed E-state index contributed by atoms with van der Waals surface area (Å²) in [6.45, 7) is 1.96. The van der Waals surface area contributed by atoms with Gasteiger partial charge in [0, 0.05) is 6.20 Å². The highest BCUT2D eigenvalue weighted by molar-refractivity contribution is 5.76. The van der Waals surface area contributed by atoms with Gasteiger partial charge < -0.3 is 9.73 Å². The topological polar surface area (TPSA) is 81.7 Å². The third kappa shape index (κ3) is 2.52. The van der Waals surface area contributed by atoms with Gasteiger partial charge in [0.15, 0.2) is 6.39 Å². The van der Waals surface area contributed by atoms with Crippen LogP contribution in [0.25, 0.3) is 16.9 Å². The van der Waals surface area contributed by atoms with Crippen LogP contribution in [0.4, 0.5) is 5.95 Å². The van der Waals surface area contributed by atoms with E-state index in [4.69, 9.17) is 4.42 Å². The van der Waals surface area contributed by atoms with Crippen LogP contribution in [0.3, 0.4) is 0 Å². The number of hydrogen-bond acceptors (Lipinski definition) is 6. The maximum atomic E-state index is 5.28. The molecule has 0 saturated heterocycles. The molecule has 1 N–H and O–H groups in total. The zero-order valence-corrected chi connectivity index (χ0v) is 12.4. The first kappa shape index (κ1) is 13.4. The van der Waals surface area contributed by atoms with Crippen LogP contribution < -0.4 is 5.32 Å². The molecule has 3 heterocycles. The molecule has 0 spiro atoms. The molecule has 0 aliphatic heterocycles. The molecule has 1 atom stereocenters. The van der Waals surface area contributed by atoms with Crippen molar-refractivity contribution < 1.29 is 4.42 Å². The van der Waals surface area contributed by atoms with Crippen LogP contribution in [0.1, 0.15) is 18.7 Å². The van der Waals surface area contributed by atoms with E-state index in [1.807, 2.05) is 41.8 Å². The zero-order valence-electron chi connectivity index (χ0n) is 12.4. The number of benzene rings is 1. The van der Waals surface area contributed by atoms with Crippen molar-refractivity contribution in [2.24, 2.45) is 0 Å².